The van der Waals surface area contributed by atoms with Gasteiger partial charge in [0, 0.05) is 13.0 Å². The number of aliphatic hydroxyl groups is 3. The molecule has 52 heavy (non-hydrogen) atoms. The van der Waals surface area contributed by atoms with Crippen LogP contribution in [0.15, 0.2) is 0 Å². The molecule has 31 heteroatoms. The lowest BCUT2D eigenvalue weighted by molar-refractivity contribution is -0.893. The van der Waals surface area contributed by atoms with Crippen molar-refractivity contribution in [2.75, 3.05) is 52.7 Å². The van der Waals surface area contributed by atoms with E-state index in [-0.39, 0.29) is 0 Å². The fourth-order valence-corrected chi connectivity index (χ4v) is 6.28. The van der Waals surface area contributed by atoms with Crippen LogP contribution >= 0.6 is 0 Å². The molecule has 2 atom stereocenters. The largest absolute Gasteiger partial charge is 0.460 e. The average molecular weight is 862 g/mol. The minimum absolute atomic E-state index is 0.521. The quantitative estimate of drug-likeness (QED) is 0.0776. The highest BCUT2D eigenvalue weighted by atomic mass is 32.2. The molecular weight excluding hydrogens is 833 g/mol. The summed E-state index contributed by atoms with van der Waals surface area (Å²) in [5, 5.41) is 20.1. The van der Waals surface area contributed by atoms with Gasteiger partial charge in [-0.2, -0.15) is 96.1 Å². The van der Waals surface area contributed by atoms with Crippen LogP contribution in [-0.2, 0) is 20.1 Å². The Morgan fingerprint density at radius 2 is 0.981 bits per heavy atom. The van der Waals surface area contributed by atoms with Gasteiger partial charge in [0.05, 0.1) is 45.6 Å². The Kier molecular flexibility index (Phi) is 14.6. The number of rotatable bonds is 21. The van der Waals surface area contributed by atoms with Crippen LogP contribution in [-0.4, -0.2) is 163 Å². The third-order valence-corrected chi connectivity index (χ3v) is 9.91. The van der Waals surface area contributed by atoms with Crippen LogP contribution in [0, 0.1) is 0 Å². The highest BCUT2D eigenvalue weighted by Crippen LogP contribution is 2.65. The number of nitrogens with zero attached hydrogens (tertiary/aromatic N) is 2. The van der Waals surface area contributed by atoms with Gasteiger partial charge < -0.3 is 19.8 Å². The molecule has 314 valence electrons. The van der Waals surface area contributed by atoms with E-state index in [2.05, 4.69) is 0 Å². The summed E-state index contributed by atoms with van der Waals surface area (Å²) >= 11 is 0. The van der Waals surface area contributed by atoms with E-state index in [1.165, 1.54) is 0 Å². The molecule has 0 fully saturated rings. The number of aliphatic hydroxyl groups excluding tert-OH is 3. The van der Waals surface area contributed by atoms with Crippen molar-refractivity contribution in [3.05, 3.63) is 0 Å². The molecule has 0 heterocycles. The lowest BCUT2D eigenvalue weighted by Crippen LogP contribution is -2.76. The summed E-state index contributed by atoms with van der Waals surface area (Å²) in [6.07, 6.45) is -12.4. The Balaban J connectivity index is 7.42. The van der Waals surface area contributed by atoms with E-state index in [1.54, 1.807) is 0 Å². The van der Waals surface area contributed by atoms with Crippen LogP contribution in [0.5, 0.6) is 0 Å². The van der Waals surface area contributed by atoms with Gasteiger partial charge in [0.25, 0.3) is 20.1 Å². The second kappa shape index (κ2) is 15.1. The summed E-state index contributed by atoms with van der Waals surface area (Å²) in [6, 6.07) is -2.69. The zero-order valence-electron chi connectivity index (χ0n) is 25.6. The van der Waals surface area contributed by atoms with Gasteiger partial charge in [0.2, 0.25) is 0 Å². The van der Waals surface area contributed by atoms with Crippen molar-refractivity contribution in [2.45, 2.75) is 77.9 Å². The number of hydrogen-bond acceptors (Lipinski definition) is 7. The van der Waals surface area contributed by atoms with E-state index in [9.17, 15) is 102 Å². The van der Waals surface area contributed by atoms with Crippen LogP contribution in [0.2, 0.25) is 0 Å². The summed E-state index contributed by atoms with van der Waals surface area (Å²) in [6.45, 7) is -6.09. The molecule has 0 bridgehead atoms. The Hall–Kier alpha value is -1.67. The molecule has 0 aromatic heterocycles. The Bertz CT molecular complexity index is 1440. The van der Waals surface area contributed by atoms with Crippen molar-refractivity contribution in [3.63, 3.8) is 0 Å². The maximum absolute atomic E-state index is 15.0. The Labute approximate surface area is 280 Å². The van der Waals surface area contributed by atoms with E-state index < -0.39 is 145 Å². The lowest BCUT2D eigenvalue weighted by Gasteiger charge is -2.44. The molecule has 0 aliphatic rings. The fourth-order valence-electron chi connectivity index (χ4n) is 4.10. The molecule has 0 aromatic rings. The number of hydrogen-bond donors (Lipinski definition) is 4. The second-order valence-electron chi connectivity index (χ2n) is 11.6. The van der Waals surface area contributed by atoms with E-state index in [0.29, 0.717) is 0 Å². The van der Waals surface area contributed by atoms with Crippen molar-refractivity contribution >= 4 is 20.1 Å². The molecule has 0 amide bonds. The Morgan fingerprint density at radius 1 is 0.615 bits per heavy atom. The van der Waals surface area contributed by atoms with Gasteiger partial charge in [-0.05, 0) is 6.42 Å². The van der Waals surface area contributed by atoms with Crippen molar-refractivity contribution in [3.8, 4) is 0 Å². The highest BCUT2D eigenvalue weighted by Gasteiger charge is 2.97. The van der Waals surface area contributed by atoms with Gasteiger partial charge in [-0.1, -0.05) is 0 Å². The van der Waals surface area contributed by atoms with Gasteiger partial charge in [-0.15, -0.1) is 0 Å². The summed E-state index contributed by atoms with van der Waals surface area (Å²) in [5.41, 5.74) is 0. The fraction of sp³-hybridized carbons (Fsp3) is 1.00. The van der Waals surface area contributed by atoms with Gasteiger partial charge in [-0.3, -0.25) is 4.55 Å². The summed E-state index contributed by atoms with van der Waals surface area (Å²) in [7, 11) is -11.1. The van der Waals surface area contributed by atoms with Gasteiger partial charge in [-0.25, -0.2) is 8.42 Å². The normalized spacial score (nSPS) is 17.1. The first-order valence-corrected chi connectivity index (χ1v) is 16.3. The summed E-state index contributed by atoms with van der Waals surface area (Å²) in [4.78, 5) is 0. The monoisotopic (exact) mass is 861 g/mol. The van der Waals surface area contributed by atoms with Crippen LogP contribution in [0.4, 0.5) is 83.4 Å². The number of halogens is 19. The second-order valence-corrected chi connectivity index (χ2v) is 15.1. The predicted octanol–water partition coefficient (Wildman–Crippen LogP) is 3.68. The smallest absolute Gasteiger partial charge is 0.395 e. The minimum atomic E-state index is -9.31. The van der Waals surface area contributed by atoms with E-state index in [0.717, 1.165) is 14.1 Å². The summed E-state index contributed by atoms with van der Waals surface area (Å²) < 4.78 is 316. The molecule has 0 aliphatic heterocycles. The average Bonchev–Trinajstić information content (AvgIpc) is 2.93. The topological polar surface area (TPSA) is 152 Å². The molecule has 2 unspecified atom stereocenters. The first-order chi connectivity index (χ1) is 22.5. The third kappa shape index (κ3) is 8.74. The van der Waals surface area contributed by atoms with Crippen molar-refractivity contribution < 1.29 is 125 Å². The van der Waals surface area contributed by atoms with E-state index in [4.69, 9.17) is 9.66 Å². The van der Waals surface area contributed by atoms with Gasteiger partial charge in [0.15, 0.2) is 0 Å². The molecule has 10 nitrogen and oxygen atoms in total. The summed E-state index contributed by atoms with van der Waals surface area (Å²) in [5.74, 6) is -65.0. The first kappa shape index (κ1) is 50.3. The molecular formula is C21H28F19N2O8S2+. The first-order valence-electron chi connectivity index (χ1n) is 13.2. The van der Waals surface area contributed by atoms with Crippen molar-refractivity contribution in [1.29, 1.82) is 0 Å². The zero-order chi connectivity index (χ0) is 42.4. The maximum atomic E-state index is 15.0. The van der Waals surface area contributed by atoms with Gasteiger partial charge >= 0.3 is 52.9 Å². The number of alkyl halides is 19. The molecule has 0 aliphatic carbocycles. The van der Waals surface area contributed by atoms with Crippen molar-refractivity contribution in [2.24, 2.45) is 0 Å². The molecule has 0 rings (SSSR count). The Morgan fingerprint density at radius 3 is 1.31 bits per heavy atom. The minimum Gasteiger partial charge on any atom is -0.395 e. The molecule has 0 spiro atoms. The third-order valence-electron chi connectivity index (χ3n) is 7.10. The van der Waals surface area contributed by atoms with Crippen LogP contribution in [0.3, 0.4) is 0 Å². The van der Waals surface area contributed by atoms with E-state index >= 15 is 8.78 Å². The van der Waals surface area contributed by atoms with Crippen LogP contribution < -0.4 is 0 Å². The number of likely N-dealkylation sites (N-methyl/N-ethyl adjacent to an activating group) is 1. The number of quaternary nitrogens is 1. The SMILES string of the molecule is C[N+](C)(CCC(CO)N(CCCS(=O)(=O)O)S(=O)(=O)C(F)(F)C(F)(F)C(F)(F)C(F)(F)C(F)(F)C(F)(F)C(F)(F)C(F)(F)C(F)(F)F)CC(O)CO. The molecule has 4 N–H and O–H groups in total. The molecule has 0 saturated carbocycles. The zero-order valence-corrected chi connectivity index (χ0v) is 27.3. The van der Waals surface area contributed by atoms with E-state index in [1.807, 2.05) is 0 Å². The molecule has 0 saturated heterocycles. The molecule has 0 aromatic carbocycles. The van der Waals surface area contributed by atoms with Crippen LogP contribution in [0.1, 0.15) is 12.8 Å². The molecule has 0 radical (unpaired) electrons. The van der Waals surface area contributed by atoms with Crippen LogP contribution in [0.25, 0.3) is 0 Å². The van der Waals surface area contributed by atoms with Crippen molar-refractivity contribution in [1.82, 2.24) is 4.31 Å². The number of sulfonamides is 1. The lowest BCUT2D eigenvalue weighted by atomic mass is 9.89. The maximum Gasteiger partial charge on any atom is 0.460 e. The van der Waals surface area contributed by atoms with Gasteiger partial charge in [0.1, 0.15) is 12.6 Å². The standard InChI is InChI=1S/C21H27F19N2O8S2/c1-42(2,8-12(45)10-44)6-4-11(9-43)41(5-3-7-51(46,47)48)52(49,50)21(39,40)19(34,35)17(30,31)15(26,27)13(22,23)14(24,25)16(28,29)18(32,33)20(36,37)38/h11-12,43-45H,3-10H2,1-2H3/p+1. The highest BCUT2D eigenvalue weighted by molar-refractivity contribution is 7.90. The predicted molar refractivity (Wildman–Crippen MR) is 133 cm³/mol.